The summed E-state index contributed by atoms with van der Waals surface area (Å²) in [6.45, 7) is 11.5. The smallest absolute Gasteiger partial charge is 0.0391 e. The molecule has 1 aromatic heterocycles. The van der Waals surface area contributed by atoms with Crippen LogP contribution in [0.25, 0.3) is 10.1 Å². The topological polar surface area (TPSA) is 12.0 Å². The zero-order valence-corrected chi connectivity index (χ0v) is 14.2. The number of benzene rings is 1. The van der Waals surface area contributed by atoms with Crippen molar-refractivity contribution in [2.45, 2.75) is 59.5 Å². The highest BCUT2D eigenvalue weighted by Crippen LogP contribution is 2.35. The van der Waals surface area contributed by atoms with Crippen molar-refractivity contribution in [3.05, 3.63) is 34.7 Å². The van der Waals surface area contributed by atoms with Crippen molar-refractivity contribution in [1.82, 2.24) is 5.32 Å². The number of hydrogen-bond donors (Lipinski definition) is 1. The SMILES string of the molecule is CCC(CC)C(C)NC(C)c1sc2ccccc2c1C. The summed E-state index contributed by atoms with van der Waals surface area (Å²) in [6, 6.07) is 9.74. The lowest BCUT2D eigenvalue weighted by molar-refractivity contribution is 0.331. The number of nitrogens with one attached hydrogen (secondary N) is 1. The first-order valence-electron chi connectivity index (χ1n) is 7.82. The van der Waals surface area contributed by atoms with E-state index in [1.807, 2.05) is 11.3 Å². The van der Waals surface area contributed by atoms with Gasteiger partial charge in [0.25, 0.3) is 0 Å². The van der Waals surface area contributed by atoms with Crippen molar-refractivity contribution in [2.24, 2.45) is 5.92 Å². The fourth-order valence-corrected chi connectivity index (χ4v) is 4.43. The minimum Gasteiger partial charge on any atom is -0.307 e. The summed E-state index contributed by atoms with van der Waals surface area (Å²) >= 11 is 1.94. The van der Waals surface area contributed by atoms with Crippen LogP contribution in [0.2, 0.25) is 0 Å². The molecule has 1 N–H and O–H groups in total. The molecule has 0 radical (unpaired) electrons. The monoisotopic (exact) mass is 289 g/mol. The number of thiophene rings is 1. The van der Waals surface area contributed by atoms with E-state index in [9.17, 15) is 0 Å². The molecule has 1 aromatic carbocycles. The van der Waals surface area contributed by atoms with Crippen LogP contribution in [0.15, 0.2) is 24.3 Å². The molecule has 0 saturated heterocycles. The maximum Gasteiger partial charge on any atom is 0.0391 e. The summed E-state index contributed by atoms with van der Waals surface area (Å²) in [5.41, 5.74) is 1.45. The summed E-state index contributed by atoms with van der Waals surface area (Å²) in [4.78, 5) is 1.49. The van der Waals surface area contributed by atoms with Crippen molar-refractivity contribution in [3.63, 3.8) is 0 Å². The van der Waals surface area contributed by atoms with Gasteiger partial charge in [-0.2, -0.15) is 0 Å². The Balaban J connectivity index is 2.19. The van der Waals surface area contributed by atoms with Gasteiger partial charge in [-0.15, -0.1) is 11.3 Å². The Hall–Kier alpha value is -0.860. The Bertz CT molecular complexity index is 554. The lowest BCUT2D eigenvalue weighted by Gasteiger charge is -2.26. The molecule has 1 nitrogen and oxygen atoms in total. The van der Waals surface area contributed by atoms with Crippen LogP contribution in [0.3, 0.4) is 0 Å². The molecule has 2 atom stereocenters. The third-order valence-corrected chi connectivity index (χ3v) is 6.00. The second-order valence-corrected chi connectivity index (χ2v) is 6.92. The van der Waals surface area contributed by atoms with Gasteiger partial charge in [-0.1, -0.05) is 44.9 Å². The maximum atomic E-state index is 3.81. The van der Waals surface area contributed by atoms with Crippen LogP contribution in [0.4, 0.5) is 0 Å². The number of fused-ring (bicyclic) bond motifs is 1. The molecule has 0 fully saturated rings. The highest BCUT2D eigenvalue weighted by molar-refractivity contribution is 7.19. The van der Waals surface area contributed by atoms with Gasteiger partial charge >= 0.3 is 0 Å². The van der Waals surface area contributed by atoms with E-state index in [1.54, 1.807) is 0 Å². The molecule has 20 heavy (non-hydrogen) atoms. The average Bonchev–Trinajstić information content (AvgIpc) is 2.78. The van der Waals surface area contributed by atoms with Crippen LogP contribution in [0.5, 0.6) is 0 Å². The van der Waals surface area contributed by atoms with Gasteiger partial charge in [0.1, 0.15) is 0 Å². The molecule has 0 aliphatic rings. The third kappa shape index (κ3) is 3.07. The lowest BCUT2D eigenvalue weighted by atomic mass is 9.94. The van der Waals surface area contributed by atoms with E-state index in [1.165, 1.54) is 33.4 Å². The maximum absolute atomic E-state index is 3.81. The predicted molar refractivity (Wildman–Crippen MR) is 91.6 cm³/mol. The Labute approximate surface area is 127 Å². The molecular weight excluding hydrogens is 262 g/mol. The molecular formula is C18H27NS. The molecule has 0 amide bonds. The van der Waals surface area contributed by atoms with Gasteiger partial charge in [0.2, 0.25) is 0 Å². The highest BCUT2D eigenvalue weighted by Gasteiger charge is 2.19. The number of rotatable bonds is 6. The van der Waals surface area contributed by atoms with Gasteiger partial charge in [-0.25, -0.2) is 0 Å². The predicted octanol–water partition coefficient (Wildman–Crippen LogP) is 5.69. The first kappa shape index (κ1) is 15.5. The molecule has 1 heterocycles. The number of aryl methyl sites for hydroxylation is 1. The summed E-state index contributed by atoms with van der Waals surface area (Å²) in [6.07, 6.45) is 2.51. The van der Waals surface area contributed by atoms with Crippen LogP contribution in [0, 0.1) is 12.8 Å². The van der Waals surface area contributed by atoms with Gasteiger partial charge < -0.3 is 5.32 Å². The minimum atomic E-state index is 0.433. The van der Waals surface area contributed by atoms with Crippen LogP contribution >= 0.6 is 11.3 Å². The van der Waals surface area contributed by atoms with Gasteiger partial charge in [0.05, 0.1) is 0 Å². The molecule has 0 saturated carbocycles. The molecule has 2 unspecified atom stereocenters. The van der Waals surface area contributed by atoms with Crippen molar-refractivity contribution in [1.29, 1.82) is 0 Å². The van der Waals surface area contributed by atoms with Gasteiger partial charge in [-0.3, -0.25) is 0 Å². The Morgan fingerprint density at radius 1 is 1.10 bits per heavy atom. The van der Waals surface area contributed by atoms with E-state index in [-0.39, 0.29) is 0 Å². The molecule has 110 valence electrons. The molecule has 0 spiro atoms. The zero-order valence-electron chi connectivity index (χ0n) is 13.4. The Morgan fingerprint density at radius 2 is 1.75 bits per heavy atom. The van der Waals surface area contributed by atoms with Crippen LogP contribution in [0.1, 0.15) is 57.0 Å². The van der Waals surface area contributed by atoms with Crippen molar-refractivity contribution in [3.8, 4) is 0 Å². The van der Waals surface area contributed by atoms with Crippen molar-refractivity contribution in [2.75, 3.05) is 0 Å². The van der Waals surface area contributed by atoms with Crippen LogP contribution < -0.4 is 5.32 Å². The van der Waals surface area contributed by atoms with Gasteiger partial charge in [-0.05, 0) is 43.7 Å². The lowest BCUT2D eigenvalue weighted by Crippen LogP contribution is -2.34. The van der Waals surface area contributed by atoms with Crippen molar-refractivity contribution < 1.29 is 0 Å². The molecule has 0 aliphatic carbocycles. The molecule has 2 heteroatoms. The summed E-state index contributed by atoms with van der Waals surface area (Å²) < 4.78 is 1.41. The van der Waals surface area contributed by atoms with Gasteiger partial charge in [0, 0.05) is 21.7 Å². The number of hydrogen-bond acceptors (Lipinski definition) is 2. The molecule has 2 rings (SSSR count). The Kier molecular flexibility index (Phi) is 5.22. The van der Waals surface area contributed by atoms with Crippen molar-refractivity contribution >= 4 is 21.4 Å². The van der Waals surface area contributed by atoms with Crippen LogP contribution in [-0.2, 0) is 0 Å². The third-order valence-electron chi connectivity index (χ3n) is 4.54. The average molecular weight is 289 g/mol. The summed E-state index contributed by atoms with van der Waals surface area (Å²) in [7, 11) is 0. The summed E-state index contributed by atoms with van der Waals surface area (Å²) in [5.74, 6) is 0.770. The molecule has 0 bridgehead atoms. The first-order chi connectivity index (χ1) is 9.58. The van der Waals surface area contributed by atoms with E-state index in [4.69, 9.17) is 0 Å². The largest absolute Gasteiger partial charge is 0.307 e. The second-order valence-electron chi connectivity index (χ2n) is 5.84. The summed E-state index contributed by atoms with van der Waals surface area (Å²) in [5, 5.41) is 5.22. The fourth-order valence-electron chi connectivity index (χ4n) is 3.21. The minimum absolute atomic E-state index is 0.433. The first-order valence-corrected chi connectivity index (χ1v) is 8.64. The van der Waals surface area contributed by atoms with E-state index < -0.39 is 0 Å². The normalized spacial score (nSPS) is 14.9. The standard InChI is InChI=1S/C18H27NS/c1-6-15(7-2)13(4)19-14(5)18-12(3)16-10-8-9-11-17(16)20-18/h8-11,13-15,19H,6-7H2,1-5H3. The molecule has 0 aliphatic heterocycles. The van der Waals surface area contributed by atoms with E-state index in [0.717, 1.165) is 5.92 Å². The van der Waals surface area contributed by atoms with Crippen LogP contribution in [-0.4, -0.2) is 6.04 Å². The molecule has 2 aromatic rings. The quantitative estimate of drug-likeness (QED) is 0.721. The fraction of sp³-hybridized carbons (Fsp3) is 0.556. The van der Waals surface area contributed by atoms with E-state index >= 15 is 0 Å². The zero-order chi connectivity index (χ0) is 14.7. The van der Waals surface area contributed by atoms with E-state index in [0.29, 0.717) is 12.1 Å². The van der Waals surface area contributed by atoms with Gasteiger partial charge in [0.15, 0.2) is 0 Å². The highest BCUT2D eigenvalue weighted by atomic mass is 32.1. The van der Waals surface area contributed by atoms with E-state index in [2.05, 4.69) is 64.2 Å². The Morgan fingerprint density at radius 3 is 2.35 bits per heavy atom. The second kappa shape index (κ2) is 6.73.